The molecule has 1 aromatic carbocycles. The fourth-order valence-corrected chi connectivity index (χ4v) is 2.36. The molecule has 17 heavy (non-hydrogen) atoms. The maximum Gasteiger partial charge on any atom is 0.0931 e. The van der Waals surface area contributed by atoms with E-state index >= 15 is 0 Å². The summed E-state index contributed by atoms with van der Waals surface area (Å²) in [5, 5.41) is 3.36. The van der Waals surface area contributed by atoms with Crippen LogP contribution in [-0.4, -0.2) is 23.6 Å². The van der Waals surface area contributed by atoms with E-state index in [9.17, 15) is 0 Å². The second kappa shape index (κ2) is 5.29. The monoisotopic (exact) mass is 232 g/mol. The van der Waals surface area contributed by atoms with Crippen molar-refractivity contribution < 1.29 is 0 Å². The molecule has 1 heterocycles. The van der Waals surface area contributed by atoms with Crippen molar-refractivity contribution in [2.75, 3.05) is 13.6 Å². The maximum absolute atomic E-state index is 5.83. The second-order valence-electron chi connectivity index (χ2n) is 4.35. The quantitative estimate of drug-likeness (QED) is 0.736. The molecule has 0 radical (unpaired) electrons. The van der Waals surface area contributed by atoms with Crippen molar-refractivity contribution in [2.45, 2.75) is 19.4 Å². The van der Waals surface area contributed by atoms with E-state index < -0.39 is 0 Å². The van der Waals surface area contributed by atoms with Crippen LogP contribution in [0.25, 0.3) is 11.0 Å². The van der Waals surface area contributed by atoms with Crippen LogP contribution in [0.4, 0.5) is 0 Å². The van der Waals surface area contributed by atoms with Gasteiger partial charge in [0.2, 0.25) is 0 Å². The topological polar surface area (TPSA) is 66.7 Å². The first kappa shape index (κ1) is 12.1. The Bertz CT molecular complexity index is 473. The Morgan fingerprint density at radius 1 is 1.47 bits per heavy atom. The number of nitrogens with one attached hydrogen (secondary N) is 2. The van der Waals surface area contributed by atoms with E-state index in [1.54, 1.807) is 6.33 Å². The smallest absolute Gasteiger partial charge is 0.0931 e. The maximum atomic E-state index is 5.83. The van der Waals surface area contributed by atoms with Crippen LogP contribution in [0, 0.1) is 5.92 Å². The lowest BCUT2D eigenvalue weighted by atomic mass is 9.91. The number of fused-ring (bicyclic) bond motifs is 1. The van der Waals surface area contributed by atoms with Gasteiger partial charge in [-0.2, -0.15) is 0 Å². The van der Waals surface area contributed by atoms with Gasteiger partial charge in [-0.05, 0) is 37.2 Å². The fraction of sp³-hybridized carbons (Fsp3) is 0.462. The lowest BCUT2D eigenvalue weighted by molar-refractivity contribution is 0.378. The van der Waals surface area contributed by atoms with Crippen molar-refractivity contribution in [2.24, 2.45) is 11.7 Å². The lowest BCUT2D eigenvalue weighted by Crippen LogP contribution is -2.30. The van der Waals surface area contributed by atoms with Crippen LogP contribution in [-0.2, 0) is 0 Å². The van der Waals surface area contributed by atoms with Crippen LogP contribution in [0.15, 0.2) is 24.5 Å². The van der Waals surface area contributed by atoms with Gasteiger partial charge in [0.15, 0.2) is 0 Å². The minimum absolute atomic E-state index is 0.303. The molecule has 0 spiro atoms. The summed E-state index contributed by atoms with van der Waals surface area (Å²) in [4.78, 5) is 7.37. The number of nitrogens with two attached hydrogens (primary N) is 1. The second-order valence-corrected chi connectivity index (χ2v) is 4.35. The molecular formula is C13H20N4. The third kappa shape index (κ3) is 2.33. The zero-order valence-corrected chi connectivity index (χ0v) is 10.4. The third-order valence-corrected chi connectivity index (χ3v) is 3.41. The first-order valence-electron chi connectivity index (χ1n) is 6.10. The lowest BCUT2D eigenvalue weighted by Gasteiger charge is -2.25. The molecule has 2 rings (SSSR count). The van der Waals surface area contributed by atoms with Crippen LogP contribution < -0.4 is 11.1 Å². The van der Waals surface area contributed by atoms with Gasteiger partial charge in [-0.1, -0.05) is 19.4 Å². The summed E-state index contributed by atoms with van der Waals surface area (Å²) in [5.41, 5.74) is 9.18. The molecule has 0 saturated carbocycles. The Morgan fingerprint density at radius 2 is 2.29 bits per heavy atom. The predicted molar refractivity (Wildman–Crippen MR) is 70.7 cm³/mol. The summed E-state index contributed by atoms with van der Waals surface area (Å²) >= 11 is 0. The summed E-state index contributed by atoms with van der Waals surface area (Å²) in [6.45, 7) is 2.87. The molecule has 92 valence electrons. The summed E-state index contributed by atoms with van der Waals surface area (Å²) in [6, 6.07) is 6.64. The molecule has 2 atom stereocenters. The fourth-order valence-electron chi connectivity index (χ4n) is 2.36. The average Bonchev–Trinajstić information content (AvgIpc) is 2.82. The average molecular weight is 232 g/mol. The van der Waals surface area contributed by atoms with E-state index in [4.69, 9.17) is 5.73 Å². The highest BCUT2D eigenvalue weighted by Gasteiger charge is 2.19. The van der Waals surface area contributed by atoms with Crippen molar-refractivity contribution in [3.63, 3.8) is 0 Å². The van der Waals surface area contributed by atoms with E-state index in [2.05, 4.69) is 40.4 Å². The molecule has 4 heteroatoms. The molecule has 0 aliphatic carbocycles. The number of aromatic nitrogens is 2. The highest BCUT2D eigenvalue weighted by atomic mass is 14.9. The number of H-pyrrole nitrogens is 1. The van der Waals surface area contributed by atoms with E-state index in [0.29, 0.717) is 18.5 Å². The Hall–Kier alpha value is -1.39. The van der Waals surface area contributed by atoms with Gasteiger partial charge in [0.25, 0.3) is 0 Å². The molecule has 0 aliphatic rings. The van der Waals surface area contributed by atoms with Crippen LogP contribution in [0.3, 0.4) is 0 Å². The summed E-state index contributed by atoms with van der Waals surface area (Å²) in [6.07, 6.45) is 2.80. The van der Waals surface area contributed by atoms with Gasteiger partial charge in [-0.3, -0.25) is 0 Å². The van der Waals surface area contributed by atoms with E-state index in [1.165, 1.54) is 5.56 Å². The van der Waals surface area contributed by atoms with Crippen LogP contribution in [0.1, 0.15) is 24.9 Å². The highest BCUT2D eigenvalue weighted by Crippen LogP contribution is 2.25. The van der Waals surface area contributed by atoms with Crippen molar-refractivity contribution in [3.8, 4) is 0 Å². The Kier molecular flexibility index (Phi) is 3.76. The minimum Gasteiger partial charge on any atom is -0.345 e. The molecule has 0 amide bonds. The Morgan fingerprint density at radius 3 is 2.94 bits per heavy atom. The minimum atomic E-state index is 0.303. The molecule has 0 saturated heterocycles. The van der Waals surface area contributed by atoms with Crippen LogP contribution >= 0.6 is 0 Å². The van der Waals surface area contributed by atoms with E-state index in [0.717, 1.165) is 17.5 Å². The molecule has 2 unspecified atom stereocenters. The molecule has 1 aromatic heterocycles. The molecule has 0 aliphatic heterocycles. The number of benzene rings is 1. The van der Waals surface area contributed by atoms with Gasteiger partial charge in [0.1, 0.15) is 0 Å². The number of hydrogen-bond donors (Lipinski definition) is 3. The first-order valence-corrected chi connectivity index (χ1v) is 6.10. The number of rotatable bonds is 5. The summed E-state index contributed by atoms with van der Waals surface area (Å²) in [7, 11) is 1.99. The van der Waals surface area contributed by atoms with Crippen LogP contribution in [0.2, 0.25) is 0 Å². The molecule has 0 bridgehead atoms. The highest BCUT2D eigenvalue weighted by molar-refractivity contribution is 5.75. The summed E-state index contributed by atoms with van der Waals surface area (Å²) < 4.78 is 0. The largest absolute Gasteiger partial charge is 0.345 e. The van der Waals surface area contributed by atoms with E-state index in [1.807, 2.05) is 7.05 Å². The van der Waals surface area contributed by atoms with Gasteiger partial charge in [0, 0.05) is 6.04 Å². The van der Waals surface area contributed by atoms with Crippen molar-refractivity contribution >= 4 is 11.0 Å². The number of imidazole rings is 1. The van der Waals surface area contributed by atoms with Gasteiger partial charge >= 0.3 is 0 Å². The molecule has 4 N–H and O–H groups in total. The first-order chi connectivity index (χ1) is 8.30. The SMILES string of the molecule is CCC(CN)C(NC)c1ccc2nc[nH]c2c1. The normalized spacial score (nSPS) is 15.0. The Labute approximate surface area is 102 Å². The standard InChI is InChI=1S/C13H20N4/c1-3-9(7-14)13(15-2)10-4-5-11-12(6-10)17-8-16-11/h4-6,8-9,13,15H,3,7,14H2,1-2H3,(H,16,17). The summed E-state index contributed by atoms with van der Waals surface area (Å²) in [5.74, 6) is 0.459. The number of aromatic amines is 1. The van der Waals surface area contributed by atoms with Gasteiger partial charge in [0.05, 0.1) is 17.4 Å². The number of nitrogens with zero attached hydrogens (tertiary/aromatic N) is 1. The molecular weight excluding hydrogens is 212 g/mol. The zero-order chi connectivity index (χ0) is 12.3. The van der Waals surface area contributed by atoms with E-state index in [-0.39, 0.29) is 0 Å². The van der Waals surface area contributed by atoms with Gasteiger partial charge < -0.3 is 16.0 Å². The zero-order valence-electron chi connectivity index (χ0n) is 10.4. The van der Waals surface area contributed by atoms with Crippen molar-refractivity contribution in [3.05, 3.63) is 30.1 Å². The third-order valence-electron chi connectivity index (χ3n) is 3.41. The van der Waals surface area contributed by atoms with Crippen LogP contribution in [0.5, 0.6) is 0 Å². The van der Waals surface area contributed by atoms with Gasteiger partial charge in [-0.15, -0.1) is 0 Å². The molecule has 2 aromatic rings. The Balaban J connectivity index is 2.34. The molecule has 0 fully saturated rings. The van der Waals surface area contributed by atoms with Crippen molar-refractivity contribution in [1.29, 1.82) is 0 Å². The molecule has 4 nitrogen and oxygen atoms in total. The van der Waals surface area contributed by atoms with Crippen molar-refractivity contribution in [1.82, 2.24) is 15.3 Å². The number of hydrogen-bond acceptors (Lipinski definition) is 3. The predicted octanol–water partition coefficient (Wildman–Crippen LogP) is 1.81. The van der Waals surface area contributed by atoms with Gasteiger partial charge in [-0.25, -0.2) is 4.98 Å².